The Bertz CT molecular complexity index is 595. The van der Waals surface area contributed by atoms with Crippen molar-refractivity contribution in [2.45, 2.75) is 66.6 Å². The van der Waals surface area contributed by atoms with Crippen molar-refractivity contribution in [3.05, 3.63) is 0 Å². The van der Waals surface area contributed by atoms with E-state index in [1.54, 1.807) is 0 Å². The number of esters is 2. The third kappa shape index (κ3) is 2.16. The normalized spacial score (nSPS) is 45.7. The minimum absolute atomic E-state index is 0.112. The van der Waals surface area contributed by atoms with Gasteiger partial charge in [-0.05, 0) is 17.8 Å². The van der Waals surface area contributed by atoms with E-state index in [0.29, 0.717) is 18.8 Å². The molecule has 4 rings (SSSR count). The molecule has 4 fully saturated rings. The van der Waals surface area contributed by atoms with Crippen LogP contribution in [-0.4, -0.2) is 29.9 Å². The van der Waals surface area contributed by atoms with Gasteiger partial charge in [-0.25, -0.2) is 0 Å². The number of hydrogen-bond acceptors (Lipinski definition) is 5. The summed E-state index contributed by atoms with van der Waals surface area (Å²) in [4.78, 5) is 36.1. The number of ketones is 1. The molecule has 4 bridgehead atoms. The average molecular weight is 336 g/mol. The van der Waals surface area contributed by atoms with Crippen molar-refractivity contribution < 1.29 is 23.9 Å². The maximum absolute atomic E-state index is 12.8. The Kier molecular flexibility index (Phi) is 3.85. The minimum Gasteiger partial charge on any atom is -0.462 e. The molecule has 7 atom stereocenters. The molecule has 0 saturated heterocycles. The van der Waals surface area contributed by atoms with E-state index in [0.717, 1.165) is 0 Å². The Hall–Kier alpha value is -1.39. The smallest absolute Gasteiger partial charge is 0.302 e. The molecule has 0 radical (unpaired) electrons. The van der Waals surface area contributed by atoms with Crippen LogP contribution in [0.3, 0.4) is 0 Å². The zero-order valence-electron chi connectivity index (χ0n) is 15.4. The first-order valence-corrected chi connectivity index (χ1v) is 8.88. The van der Waals surface area contributed by atoms with Crippen molar-refractivity contribution in [3.8, 4) is 0 Å². The van der Waals surface area contributed by atoms with E-state index in [-0.39, 0.29) is 58.5 Å². The second-order valence-electron chi connectivity index (χ2n) is 8.80. The molecule has 0 heterocycles. The lowest BCUT2D eigenvalue weighted by molar-refractivity contribution is -0.237. The van der Waals surface area contributed by atoms with Crippen LogP contribution in [0.2, 0.25) is 0 Å². The van der Waals surface area contributed by atoms with Gasteiger partial charge in [0.2, 0.25) is 0 Å². The Labute approximate surface area is 143 Å². The van der Waals surface area contributed by atoms with Gasteiger partial charge < -0.3 is 9.47 Å². The standard InChI is InChI=1S/C19H28O5/c1-9-7-12(22)16-17-15(9)19(16,6)14(24-11(3)21)8-13(18(17,4)5)23-10(2)20/h9,13-17H,7-8H2,1-6H3/t9-,13+,14+,15?,16?,17?,19?/m0/s1. The van der Waals surface area contributed by atoms with Crippen molar-refractivity contribution in [2.75, 3.05) is 0 Å². The van der Waals surface area contributed by atoms with Gasteiger partial charge in [0.15, 0.2) is 0 Å². The van der Waals surface area contributed by atoms with E-state index in [1.165, 1.54) is 13.8 Å². The Morgan fingerprint density at radius 2 is 1.54 bits per heavy atom. The molecule has 0 aromatic carbocycles. The number of rotatable bonds is 2. The first-order valence-electron chi connectivity index (χ1n) is 8.88. The number of carbonyl (C=O) groups excluding carboxylic acids is 3. The molecule has 0 amide bonds. The van der Waals surface area contributed by atoms with E-state index >= 15 is 0 Å². The van der Waals surface area contributed by atoms with Crippen LogP contribution >= 0.6 is 0 Å². The molecule has 24 heavy (non-hydrogen) atoms. The molecule has 4 aliphatic carbocycles. The van der Waals surface area contributed by atoms with E-state index in [2.05, 4.69) is 27.7 Å². The zero-order chi connectivity index (χ0) is 18.0. The van der Waals surface area contributed by atoms with E-state index in [4.69, 9.17) is 9.47 Å². The first-order chi connectivity index (χ1) is 11.0. The SMILES string of the molecule is CC(=O)O[C@@H]1C[C@@H](OC(C)=O)C2(C)C3C(=O)C[C@H](C)C2C3C1(C)C. The van der Waals surface area contributed by atoms with Crippen molar-refractivity contribution in [1.82, 2.24) is 0 Å². The van der Waals surface area contributed by atoms with E-state index < -0.39 is 0 Å². The molecule has 4 unspecified atom stereocenters. The molecular weight excluding hydrogens is 308 g/mol. The van der Waals surface area contributed by atoms with Crippen molar-refractivity contribution in [2.24, 2.45) is 34.5 Å². The van der Waals surface area contributed by atoms with Gasteiger partial charge in [-0.2, -0.15) is 0 Å². The predicted octanol–water partition coefficient (Wildman–Crippen LogP) is 2.76. The summed E-state index contributed by atoms with van der Waals surface area (Å²) in [5.41, 5.74) is -0.670. The molecule has 0 aliphatic heterocycles. The topological polar surface area (TPSA) is 69.7 Å². The Morgan fingerprint density at radius 3 is 2.04 bits per heavy atom. The highest BCUT2D eigenvalue weighted by molar-refractivity contribution is 5.86. The van der Waals surface area contributed by atoms with Crippen LogP contribution in [0.1, 0.15) is 54.4 Å². The van der Waals surface area contributed by atoms with Crippen LogP contribution in [0, 0.1) is 34.5 Å². The van der Waals surface area contributed by atoms with Gasteiger partial charge in [-0.15, -0.1) is 0 Å². The maximum Gasteiger partial charge on any atom is 0.302 e. The summed E-state index contributed by atoms with van der Waals surface area (Å²) < 4.78 is 11.3. The number of carbonyl (C=O) groups is 3. The minimum atomic E-state index is -0.390. The van der Waals surface area contributed by atoms with Crippen LogP contribution in [0.5, 0.6) is 0 Å². The summed E-state index contributed by atoms with van der Waals surface area (Å²) in [6.45, 7) is 11.2. The van der Waals surface area contributed by atoms with Gasteiger partial charge >= 0.3 is 11.9 Å². The largest absolute Gasteiger partial charge is 0.462 e. The molecule has 0 spiro atoms. The molecule has 0 aromatic rings. The van der Waals surface area contributed by atoms with Crippen LogP contribution in [-0.2, 0) is 23.9 Å². The lowest BCUT2D eigenvalue weighted by Crippen LogP contribution is -2.70. The highest BCUT2D eigenvalue weighted by Gasteiger charge is 2.75. The van der Waals surface area contributed by atoms with Gasteiger partial charge in [0.05, 0.1) is 0 Å². The van der Waals surface area contributed by atoms with Crippen LogP contribution in [0.25, 0.3) is 0 Å². The summed E-state index contributed by atoms with van der Waals surface area (Å²) in [5, 5.41) is 0. The number of hydrogen-bond donors (Lipinski definition) is 0. The first kappa shape index (κ1) is 17.4. The molecule has 4 aliphatic rings. The van der Waals surface area contributed by atoms with E-state index in [1.807, 2.05) is 0 Å². The van der Waals surface area contributed by atoms with Gasteiger partial charge in [0.1, 0.15) is 18.0 Å². The second kappa shape index (κ2) is 5.30. The molecule has 0 N–H and O–H groups in total. The molecule has 4 saturated carbocycles. The van der Waals surface area contributed by atoms with E-state index in [9.17, 15) is 14.4 Å². The van der Waals surface area contributed by atoms with Crippen LogP contribution in [0.15, 0.2) is 0 Å². The number of fused-ring (bicyclic) bond motifs is 3. The Morgan fingerprint density at radius 1 is 1.00 bits per heavy atom. The second-order valence-corrected chi connectivity index (χ2v) is 8.80. The monoisotopic (exact) mass is 336 g/mol. The summed E-state index contributed by atoms with van der Waals surface area (Å²) in [7, 11) is 0. The average Bonchev–Trinajstić information content (AvgIpc) is 2.50. The maximum atomic E-state index is 12.8. The van der Waals surface area contributed by atoms with Crippen LogP contribution in [0.4, 0.5) is 0 Å². The summed E-state index contributed by atoms with van der Waals surface area (Å²) >= 11 is 0. The molecule has 134 valence electrons. The summed E-state index contributed by atoms with van der Waals surface area (Å²) in [5.74, 6) is 0.215. The summed E-state index contributed by atoms with van der Waals surface area (Å²) in [6.07, 6.45) is 0.324. The third-order valence-electron chi connectivity index (χ3n) is 7.04. The van der Waals surface area contributed by atoms with Gasteiger partial charge in [0, 0.05) is 43.4 Å². The van der Waals surface area contributed by atoms with Gasteiger partial charge in [0.25, 0.3) is 0 Å². The molecule has 0 aromatic heterocycles. The predicted molar refractivity (Wildman–Crippen MR) is 86.9 cm³/mol. The fourth-order valence-electron chi connectivity index (χ4n) is 6.21. The van der Waals surface area contributed by atoms with Crippen LogP contribution < -0.4 is 0 Å². The fraction of sp³-hybridized carbons (Fsp3) is 0.842. The lowest BCUT2D eigenvalue weighted by Gasteiger charge is -2.68. The lowest BCUT2D eigenvalue weighted by atomic mass is 9.35. The van der Waals surface area contributed by atoms with Crippen molar-refractivity contribution >= 4 is 17.7 Å². The molecular formula is C19H28O5. The highest BCUT2D eigenvalue weighted by atomic mass is 16.6. The Balaban J connectivity index is 2.08. The van der Waals surface area contributed by atoms with Crippen molar-refractivity contribution in [3.63, 3.8) is 0 Å². The number of ether oxygens (including phenoxy) is 2. The third-order valence-corrected chi connectivity index (χ3v) is 7.04. The molecule has 5 heteroatoms. The van der Waals surface area contributed by atoms with Gasteiger partial charge in [-0.1, -0.05) is 27.7 Å². The quantitative estimate of drug-likeness (QED) is 0.725. The van der Waals surface area contributed by atoms with Gasteiger partial charge in [-0.3, -0.25) is 14.4 Å². The summed E-state index contributed by atoms with van der Waals surface area (Å²) in [6, 6.07) is 0. The fourth-order valence-corrected chi connectivity index (χ4v) is 6.21. The highest BCUT2D eigenvalue weighted by Crippen LogP contribution is 2.73. The number of Topliss-reactive ketones (excluding diaryl/α,β-unsaturated/α-hetero) is 1. The zero-order valence-corrected chi connectivity index (χ0v) is 15.4. The van der Waals surface area contributed by atoms with Crippen molar-refractivity contribution in [1.29, 1.82) is 0 Å². The molecule has 5 nitrogen and oxygen atoms in total.